The van der Waals surface area contributed by atoms with Gasteiger partial charge >= 0.3 is 6.09 Å². The van der Waals surface area contributed by atoms with Crippen molar-refractivity contribution in [2.45, 2.75) is 26.7 Å². The van der Waals surface area contributed by atoms with Crippen LogP contribution in [0.4, 0.5) is 4.79 Å². The van der Waals surface area contributed by atoms with Crippen LogP contribution < -0.4 is 10.6 Å². The Morgan fingerprint density at radius 1 is 1.43 bits per heavy atom. The predicted molar refractivity (Wildman–Crippen MR) is 94.4 cm³/mol. The van der Waals surface area contributed by atoms with E-state index in [0.29, 0.717) is 6.54 Å². The molecular formula is C17H28N4O2. The highest BCUT2D eigenvalue weighted by Crippen LogP contribution is 2.13. The fraction of sp³-hybridized carbons (Fsp3) is 0.529. The fourth-order valence-corrected chi connectivity index (χ4v) is 2.18. The molecule has 128 valence electrons. The van der Waals surface area contributed by atoms with Gasteiger partial charge in [0.25, 0.3) is 0 Å². The van der Waals surface area contributed by atoms with Crippen LogP contribution in [0.15, 0.2) is 40.8 Å². The van der Waals surface area contributed by atoms with Crippen LogP contribution in [0.5, 0.6) is 0 Å². The molecule has 2 aliphatic heterocycles. The molecule has 0 aromatic rings. The number of rotatable bonds is 3. The second-order valence-electron chi connectivity index (χ2n) is 5.08. The zero-order chi connectivity index (χ0) is 16.9. The summed E-state index contributed by atoms with van der Waals surface area (Å²) in [5.41, 5.74) is 2.56. The lowest BCUT2D eigenvalue weighted by atomic mass is 10.0. The summed E-state index contributed by atoms with van der Waals surface area (Å²) < 4.78 is 4.49. The van der Waals surface area contributed by atoms with Gasteiger partial charge in [-0.2, -0.15) is 0 Å². The maximum Gasteiger partial charge on any atom is 0.413 e. The molecule has 0 radical (unpaired) electrons. The monoisotopic (exact) mass is 320 g/mol. The van der Waals surface area contributed by atoms with Gasteiger partial charge < -0.3 is 15.4 Å². The topological polar surface area (TPSA) is 66.0 Å². The van der Waals surface area contributed by atoms with E-state index in [1.807, 2.05) is 26.3 Å². The molecule has 0 aromatic heterocycles. The third-order valence-corrected chi connectivity index (χ3v) is 3.38. The van der Waals surface area contributed by atoms with Crippen LogP contribution in [0, 0.1) is 0 Å². The molecule has 6 nitrogen and oxygen atoms in total. The Balaban J connectivity index is 0.000000241. The summed E-state index contributed by atoms with van der Waals surface area (Å²) in [5.74, 6) is 0. The summed E-state index contributed by atoms with van der Waals surface area (Å²) in [6, 6.07) is 0. The first-order valence-electron chi connectivity index (χ1n) is 8.04. The van der Waals surface area contributed by atoms with Gasteiger partial charge in [0, 0.05) is 31.7 Å². The van der Waals surface area contributed by atoms with Crippen molar-refractivity contribution < 1.29 is 9.53 Å². The molecule has 1 saturated heterocycles. The van der Waals surface area contributed by atoms with Gasteiger partial charge in [-0.3, -0.25) is 9.89 Å². The van der Waals surface area contributed by atoms with E-state index in [0.717, 1.165) is 38.2 Å². The second kappa shape index (κ2) is 11.5. The maximum absolute atomic E-state index is 10.8. The van der Waals surface area contributed by atoms with Crippen LogP contribution in [0.3, 0.4) is 0 Å². The van der Waals surface area contributed by atoms with Crippen molar-refractivity contribution in [1.29, 1.82) is 0 Å². The number of hydrogen-bond donors (Lipinski definition) is 2. The zero-order valence-corrected chi connectivity index (χ0v) is 14.3. The van der Waals surface area contributed by atoms with E-state index in [4.69, 9.17) is 0 Å². The summed E-state index contributed by atoms with van der Waals surface area (Å²) in [7, 11) is 1.37. The lowest BCUT2D eigenvalue weighted by molar-refractivity contribution is 0.141. The third kappa shape index (κ3) is 7.65. The average Bonchev–Trinajstić information content (AvgIpc) is 2.61. The van der Waals surface area contributed by atoms with Gasteiger partial charge in [-0.15, -0.1) is 0 Å². The fourth-order valence-electron chi connectivity index (χ4n) is 2.18. The molecule has 1 fully saturated rings. The molecule has 2 aliphatic rings. The Morgan fingerprint density at radius 3 is 2.70 bits per heavy atom. The highest BCUT2D eigenvalue weighted by Gasteiger charge is 2.06. The molecule has 0 spiro atoms. The molecule has 2 rings (SSSR count). The Bertz CT molecular complexity index is 473. The molecule has 23 heavy (non-hydrogen) atoms. The summed E-state index contributed by atoms with van der Waals surface area (Å²) in [6.07, 6.45) is 11.6. The number of amides is 1. The average molecular weight is 320 g/mol. The van der Waals surface area contributed by atoms with E-state index in [9.17, 15) is 4.79 Å². The number of nitrogens with zero attached hydrogens (tertiary/aromatic N) is 2. The minimum Gasteiger partial charge on any atom is -0.452 e. The minimum absolute atomic E-state index is 0.319. The van der Waals surface area contributed by atoms with Crippen molar-refractivity contribution >= 4 is 12.3 Å². The molecule has 1 amide bonds. The molecule has 0 atom stereocenters. The summed E-state index contributed by atoms with van der Waals surface area (Å²) in [6.45, 7) is 7.44. The van der Waals surface area contributed by atoms with E-state index >= 15 is 0 Å². The normalized spacial score (nSPS) is 16.8. The molecule has 0 aliphatic carbocycles. The van der Waals surface area contributed by atoms with E-state index in [2.05, 4.69) is 26.4 Å². The number of ether oxygens (including phenoxy) is 1. The Kier molecular flexibility index (Phi) is 9.47. The first-order valence-corrected chi connectivity index (χ1v) is 8.04. The highest BCUT2D eigenvalue weighted by atomic mass is 16.5. The Labute approximate surface area is 139 Å². The molecule has 6 heteroatoms. The van der Waals surface area contributed by atoms with Gasteiger partial charge in [-0.1, -0.05) is 11.6 Å². The number of carbonyl (C=O) groups is 1. The molecule has 0 saturated carbocycles. The highest BCUT2D eigenvalue weighted by molar-refractivity contribution is 5.68. The van der Waals surface area contributed by atoms with Gasteiger partial charge in [0.05, 0.1) is 12.8 Å². The van der Waals surface area contributed by atoms with Crippen LogP contribution >= 0.6 is 0 Å². The van der Waals surface area contributed by atoms with Crippen molar-refractivity contribution in [3.63, 3.8) is 0 Å². The van der Waals surface area contributed by atoms with E-state index in [1.165, 1.54) is 17.6 Å². The summed E-state index contributed by atoms with van der Waals surface area (Å²) in [5, 5.41) is 6.49. The quantitative estimate of drug-likeness (QED) is 0.838. The lowest BCUT2D eigenvalue weighted by Crippen LogP contribution is -2.24. The first-order chi connectivity index (χ1) is 11.2. The number of allylic oxidation sites excluding steroid dienone is 2. The van der Waals surface area contributed by atoms with Crippen molar-refractivity contribution in [3.05, 3.63) is 35.8 Å². The van der Waals surface area contributed by atoms with Gasteiger partial charge in [0.15, 0.2) is 0 Å². The SMILES string of the molecule is C/C=C/N(CC)C(=O)OC.C1=NC(C=C2CCNCC2)=CNC1. The second-order valence-corrected chi connectivity index (χ2v) is 5.08. The first kappa shape index (κ1) is 19.0. The predicted octanol–water partition coefficient (Wildman–Crippen LogP) is 2.42. The van der Waals surface area contributed by atoms with Crippen LogP contribution in [0.2, 0.25) is 0 Å². The molecule has 0 bridgehead atoms. The largest absolute Gasteiger partial charge is 0.452 e. The minimum atomic E-state index is -0.319. The van der Waals surface area contributed by atoms with Crippen LogP contribution in [-0.4, -0.2) is 50.5 Å². The van der Waals surface area contributed by atoms with Crippen LogP contribution in [0.25, 0.3) is 0 Å². The van der Waals surface area contributed by atoms with Crippen molar-refractivity contribution in [3.8, 4) is 0 Å². The van der Waals surface area contributed by atoms with Crippen LogP contribution in [-0.2, 0) is 4.74 Å². The molecule has 2 N–H and O–H groups in total. The van der Waals surface area contributed by atoms with Gasteiger partial charge in [-0.05, 0) is 45.9 Å². The Hall–Kier alpha value is -2.08. The standard InChI is InChI=1S/C10H15N3.C7H13NO2/c1-3-11-4-2-9(1)7-10-8-12-5-6-13-10;1-4-6-8(5-2)7(9)10-3/h6-8,11-12H,1-5H2;4,6H,5H2,1-3H3/b;6-4+. The van der Waals surface area contributed by atoms with E-state index < -0.39 is 0 Å². The van der Waals surface area contributed by atoms with Gasteiger partial charge in [0.2, 0.25) is 0 Å². The van der Waals surface area contributed by atoms with Crippen LogP contribution in [0.1, 0.15) is 26.7 Å². The summed E-state index contributed by atoms with van der Waals surface area (Å²) in [4.78, 5) is 16.6. The molecule has 0 unspecified atom stereocenters. The lowest BCUT2D eigenvalue weighted by Gasteiger charge is -2.15. The van der Waals surface area contributed by atoms with E-state index in [1.54, 1.807) is 12.3 Å². The van der Waals surface area contributed by atoms with Crippen molar-refractivity contribution in [1.82, 2.24) is 15.5 Å². The van der Waals surface area contributed by atoms with Gasteiger partial charge in [0.1, 0.15) is 0 Å². The number of piperidine rings is 1. The molecule has 0 aromatic carbocycles. The maximum atomic E-state index is 10.8. The smallest absolute Gasteiger partial charge is 0.413 e. The van der Waals surface area contributed by atoms with E-state index in [-0.39, 0.29) is 6.09 Å². The third-order valence-electron chi connectivity index (χ3n) is 3.38. The molecule has 2 heterocycles. The van der Waals surface area contributed by atoms with Gasteiger partial charge in [-0.25, -0.2) is 4.79 Å². The Morgan fingerprint density at radius 2 is 2.17 bits per heavy atom. The number of methoxy groups -OCH3 is 1. The van der Waals surface area contributed by atoms with Crippen molar-refractivity contribution in [2.24, 2.45) is 4.99 Å². The van der Waals surface area contributed by atoms with Crippen molar-refractivity contribution in [2.75, 3.05) is 33.3 Å². The zero-order valence-electron chi connectivity index (χ0n) is 14.3. The summed E-state index contributed by atoms with van der Waals surface area (Å²) >= 11 is 0. The number of nitrogens with one attached hydrogen (secondary N) is 2. The number of aliphatic imine (C=N–C) groups is 1. The number of hydrogen-bond acceptors (Lipinski definition) is 5. The number of carbonyl (C=O) groups excluding carboxylic acids is 1. The molecular weight excluding hydrogens is 292 g/mol.